The van der Waals surface area contributed by atoms with E-state index >= 15 is 0 Å². The third-order valence-electron chi connectivity index (χ3n) is 3.83. The molecule has 3 rings (SSSR count). The summed E-state index contributed by atoms with van der Waals surface area (Å²) in [6.07, 6.45) is 2.81. The van der Waals surface area contributed by atoms with Crippen molar-refractivity contribution in [2.75, 3.05) is 5.73 Å². The highest BCUT2D eigenvalue weighted by Crippen LogP contribution is 2.40. The number of anilines is 1. The van der Waals surface area contributed by atoms with Crippen LogP contribution in [0, 0.1) is 0 Å². The Kier molecular flexibility index (Phi) is 3.22. The van der Waals surface area contributed by atoms with Crippen molar-refractivity contribution < 1.29 is 4.79 Å². The van der Waals surface area contributed by atoms with Gasteiger partial charge in [0.25, 0.3) is 5.91 Å². The zero-order valence-electron chi connectivity index (χ0n) is 11.5. The van der Waals surface area contributed by atoms with Gasteiger partial charge in [0.1, 0.15) is 5.69 Å². The van der Waals surface area contributed by atoms with Gasteiger partial charge in [-0.1, -0.05) is 30.3 Å². The van der Waals surface area contributed by atoms with Crippen LogP contribution in [0.15, 0.2) is 42.6 Å². The number of rotatable bonds is 4. The highest BCUT2D eigenvalue weighted by molar-refractivity contribution is 5.94. The van der Waals surface area contributed by atoms with Gasteiger partial charge in [-0.25, -0.2) is 0 Å². The van der Waals surface area contributed by atoms with Crippen LogP contribution in [-0.4, -0.2) is 16.5 Å². The number of hydrogen-bond acceptors (Lipinski definition) is 2. The molecular formula is C16H19N3O. The van der Waals surface area contributed by atoms with Crippen LogP contribution in [0.4, 0.5) is 5.69 Å². The summed E-state index contributed by atoms with van der Waals surface area (Å²) in [6.45, 7) is 2.74. The Labute approximate surface area is 118 Å². The summed E-state index contributed by atoms with van der Waals surface area (Å²) < 4.78 is 1.88. The molecule has 0 aliphatic heterocycles. The molecule has 20 heavy (non-hydrogen) atoms. The van der Waals surface area contributed by atoms with Gasteiger partial charge in [-0.3, -0.25) is 4.79 Å². The van der Waals surface area contributed by atoms with E-state index in [2.05, 4.69) is 17.4 Å². The van der Waals surface area contributed by atoms with Gasteiger partial charge in [0.15, 0.2) is 0 Å². The maximum atomic E-state index is 12.3. The topological polar surface area (TPSA) is 60.0 Å². The second-order valence-corrected chi connectivity index (χ2v) is 5.28. The Hall–Kier alpha value is -2.23. The molecule has 4 nitrogen and oxygen atoms in total. The lowest BCUT2D eigenvalue weighted by molar-refractivity contribution is 0.0941. The number of nitrogens with one attached hydrogen (secondary N) is 1. The van der Waals surface area contributed by atoms with Crippen molar-refractivity contribution in [3.63, 3.8) is 0 Å². The summed E-state index contributed by atoms with van der Waals surface area (Å²) in [4.78, 5) is 12.3. The lowest BCUT2D eigenvalue weighted by Crippen LogP contribution is -2.28. The van der Waals surface area contributed by atoms with Crippen LogP contribution in [0.5, 0.6) is 0 Å². The van der Waals surface area contributed by atoms with Crippen molar-refractivity contribution in [1.29, 1.82) is 0 Å². The standard InChI is InChI=1S/C16H19N3O/c1-2-19-10-12(17)8-15(19)16(20)18-14-9-13(14)11-6-4-3-5-7-11/h3-8,10,13-14H,2,9,17H2,1H3,(H,18,20). The first kappa shape index (κ1) is 12.8. The fourth-order valence-corrected chi connectivity index (χ4v) is 2.65. The largest absolute Gasteiger partial charge is 0.397 e. The monoisotopic (exact) mass is 269 g/mol. The maximum absolute atomic E-state index is 12.3. The van der Waals surface area contributed by atoms with Crippen molar-refractivity contribution in [1.82, 2.24) is 9.88 Å². The van der Waals surface area contributed by atoms with Gasteiger partial charge in [0.2, 0.25) is 0 Å². The molecule has 0 radical (unpaired) electrons. The summed E-state index contributed by atoms with van der Waals surface area (Å²) in [6, 6.07) is 12.3. The first-order valence-corrected chi connectivity index (χ1v) is 7.00. The van der Waals surface area contributed by atoms with Gasteiger partial charge in [0, 0.05) is 24.7 Å². The van der Waals surface area contributed by atoms with Crippen molar-refractivity contribution >= 4 is 11.6 Å². The summed E-state index contributed by atoms with van der Waals surface area (Å²) in [5.41, 5.74) is 8.33. The zero-order chi connectivity index (χ0) is 14.1. The lowest BCUT2D eigenvalue weighted by Gasteiger charge is -2.07. The molecule has 2 atom stereocenters. The van der Waals surface area contributed by atoms with Gasteiger partial charge in [-0.05, 0) is 25.0 Å². The van der Waals surface area contributed by atoms with Crippen LogP contribution < -0.4 is 11.1 Å². The SMILES string of the molecule is CCn1cc(N)cc1C(=O)NC1CC1c1ccccc1. The molecule has 4 heteroatoms. The van der Waals surface area contributed by atoms with E-state index in [-0.39, 0.29) is 11.9 Å². The van der Waals surface area contributed by atoms with E-state index in [1.807, 2.05) is 29.7 Å². The predicted octanol–water partition coefficient (Wildman–Crippen LogP) is 2.38. The van der Waals surface area contributed by atoms with Crippen molar-refractivity contribution in [2.45, 2.75) is 31.8 Å². The Bertz CT molecular complexity index is 618. The van der Waals surface area contributed by atoms with E-state index in [9.17, 15) is 4.79 Å². The fraction of sp³-hybridized carbons (Fsp3) is 0.312. The van der Waals surface area contributed by atoms with Crippen molar-refractivity contribution in [3.8, 4) is 0 Å². The number of hydrogen-bond donors (Lipinski definition) is 2. The quantitative estimate of drug-likeness (QED) is 0.895. The van der Waals surface area contributed by atoms with Gasteiger partial charge < -0.3 is 15.6 Å². The van der Waals surface area contributed by atoms with E-state index in [4.69, 9.17) is 5.73 Å². The summed E-state index contributed by atoms with van der Waals surface area (Å²) in [5, 5.41) is 3.09. The Morgan fingerprint density at radius 1 is 1.40 bits per heavy atom. The van der Waals surface area contributed by atoms with Crippen LogP contribution in [0.2, 0.25) is 0 Å². The molecule has 104 valence electrons. The molecule has 2 unspecified atom stereocenters. The number of amides is 1. The minimum Gasteiger partial charge on any atom is -0.397 e. The molecule has 1 saturated carbocycles. The average Bonchev–Trinajstić information content (AvgIpc) is 3.12. The molecule has 1 aliphatic carbocycles. The Morgan fingerprint density at radius 2 is 2.15 bits per heavy atom. The predicted molar refractivity (Wildman–Crippen MR) is 79.6 cm³/mol. The third kappa shape index (κ3) is 2.41. The van der Waals surface area contributed by atoms with E-state index in [0.717, 1.165) is 13.0 Å². The maximum Gasteiger partial charge on any atom is 0.268 e. The molecular weight excluding hydrogens is 250 g/mol. The summed E-state index contributed by atoms with van der Waals surface area (Å²) >= 11 is 0. The Morgan fingerprint density at radius 3 is 2.85 bits per heavy atom. The van der Waals surface area contributed by atoms with Crippen LogP contribution in [-0.2, 0) is 6.54 Å². The van der Waals surface area contributed by atoms with Gasteiger partial charge in [0.05, 0.1) is 5.69 Å². The molecule has 0 saturated heterocycles. The number of carbonyl (C=O) groups excluding carboxylic acids is 1. The van der Waals surface area contributed by atoms with Crippen LogP contribution in [0.1, 0.15) is 35.3 Å². The number of carbonyl (C=O) groups is 1. The van der Waals surface area contributed by atoms with Gasteiger partial charge >= 0.3 is 0 Å². The smallest absolute Gasteiger partial charge is 0.268 e. The van der Waals surface area contributed by atoms with Gasteiger partial charge in [-0.15, -0.1) is 0 Å². The molecule has 1 amide bonds. The fourth-order valence-electron chi connectivity index (χ4n) is 2.65. The molecule has 1 aliphatic rings. The van der Waals surface area contributed by atoms with E-state index in [1.165, 1.54) is 5.56 Å². The van der Waals surface area contributed by atoms with Crippen molar-refractivity contribution in [3.05, 3.63) is 53.9 Å². The molecule has 1 aromatic heterocycles. The molecule has 1 aromatic carbocycles. The van der Waals surface area contributed by atoms with E-state index in [0.29, 0.717) is 17.3 Å². The number of nitrogens with two attached hydrogens (primary N) is 1. The average molecular weight is 269 g/mol. The highest BCUT2D eigenvalue weighted by Gasteiger charge is 2.39. The van der Waals surface area contributed by atoms with Crippen LogP contribution >= 0.6 is 0 Å². The molecule has 2 aromatic rings. The summed E-state index contributed by atoms with van der Waals surface area (Å²) in [7, 11) is 0. The number of nitrogen functional groups attached to an aromatic ring is 1. The molecule has 3 N–H and O–H groups in total. The summed E-state index contributed by atoms with van der Waals surface area (Å²) in [5.74, 6) is 0.412. The molecule has 0 spiro atoms. The Balaban J connectivity index is 1.66. The number of aryl methyl sites for hydroxylation is 1. The normalized spacial score (nSPS) is 20.6. The lowest BCUT2D eigenvalue weighted by atomic mass is 10.1. The first-order valence-electron chi connectivity index (χ1n) is 7.00. The van der Waals surface area contributed by atoms with Crippen LogP contribution in [0.25, 0.3) is 0 Å². The second-order valence-electron chi connectivity index (χ2n) is 5.28. The van der Waals surface area contributed by atoms with Crippen molar-refractivity contribution in [2.24, 2.45) is 0 Å². The minimum atomic E-state index is -0.0352. The van der Waals surface area contributed by atoms with Crippen LogP contribution in [0.3, 0.4) is 0 Å². The zero-order valence-corrected chi connectivity index (χ0v) is 11.5. The third-order valence-corrected chi connectivity index (χ3v) is 3.83. The highest BCUT2D eigenvalue weighted by atomic mass is 16.2. The first-order chi connectivity index (χ1) is 9.69. The molecule has 1 fully saturated rings. The number of aromatic nitrogens is 1. The number of nitrogens with zero attached hydrogens (tertiary/aromatic N) is 1. The second kappa shape index (κ2) is 5.04. The van der Waals surface area contributed by atoms with E-state index in [1.54, 1.807) is 12.3 Å². The van der Waals surface area contributed by atoms with E-state index < -0.39 is 0 Å². The minimum absolute atomic E-state index is 0.0352. The molecule has 1 heterocycles. The number of benzene rings is 1. The van der Waals surface area contributed by atoms with Gasteiger partial charge in [-0.2, -0.15) is 0 Å². The molecule has 0 bridgehead atoms.